The van der Waals surface area contributed by atoms with Gasteiger partial charge in [0.15, 0.2) is 0 Å². The Morgan fingerprint density at radius 2 is 1.20 bits per heavy atom. The van der Waals surface area contributed by atoms with E-state index < -0.39 is 0 Å². The molecular formula is C46H31N3S. The summed E-state index contributed by atoms with van der Waals surface area (Å²) in [6, 6.07) is 54.7. The van der Waals surface area contributed by atoms with E-state index in [9.17, 15) is 0 Å². The number of para-hydroxylation sites is 1. The van der Waals surface area contributed by atoms with Crippen LogP contribution in [-0.2, 0) is 0 Å². The smallest absolute Gasteiger partial charge is 0.124 e. The summed E-state index contributed by atoms with van der Waals surface area (Å²) in [5.74, 6) is 0. The lowest BCUT2D eigenvalue weighted by Gasteiger charge is -2.38. The van der Waals surface area contributed by atoms with Crippen molar-refractivity contribution in [2.45, 2.75) is 6.17 Å². The van der Waals surface area contributed by atoms with E-state index in [1.807, 2.05) is 23.7 Å². The number of rotatable bonds is 4. The van der Waals surface area contributed by atoms with Gasteiger partial charge in [-0.3, -0.25) is 4.98 Å². The van der Waals surface area contributed by atoms with Gasteiger partial charge in [-0.1, -0.05) is 133 Å². The molecule has 1 N–H and O–H groups in total. The fourth-order valence-electron chi connectivity index (χ4n) is 7.70. The second kappa shape index (κ2) is 11.7. The van der Waals surface area contributed by atoms with Gasteiger partial charge in [-0.15, -0.1) is 11.3 Å². The van der Waals surface area contributed by atoms with Crippen molar-refractivity contribution in [3.8, 4) is 33.4 Å². The average Bonchev–Trinajstić information content (AvgIpc) is 3.53. The van der Waals surface area contributed by atoms with Gasteiger partial charge < -0.3 is 10.2 Å². The van der Waals surface area contributed by atoms with Crippen LogP contribution in [0.25, 0.3) is 64.8 Å². The number of hydrogen-bond donors (Lipinski definition) is 1. The summed E-state index contributed by atoms with van der Waals surface area (Å²) in [6.07, 6.45) is 8.43. The highest BCUT2D eigenvalue weighted by atomic mass is 32.1. The normalized spacial score (nSPS) is 15.0. The van der Waals surface area contributed by atoms with E-state index in [2.05, 4.69) is 179 Å². The molecule has 2 aliphatic rings. The van der Waals surface area contributed by atoms with E-state index in [0.29, 0.717) is 0 Å². The Morgan fingerprint density at radius 3 is 1.94 bits per heavy atom. The van der Waals surface area contributed by atoms with Crippen LogP contribution in [0, 0.1) is 0 Å². The minimum Gasteiger partial charge on any atom is -0.361 e. The molecule has 2 aliphatic heterocycles. The first-order valence-corrected chi connectivity index (χ1v) is 17.8. The van der Waals surface area contributed by atoms with Crippen molar-refractivity contribution in [3.05, 3.63) is 187 Å². The Hall–Kier alpha value is -6.23. The van der Waals surface area contributed by atoms with Crippen molar-refractivity contribution in [3.63, 3.8) is 0 Å². The first-order chi connectivity index (χ1) is 24.8. The summed E-state index contributed by atoms with van der Waals surface area (Å²) in [6.45, 7) is 0. The Balaban J connectivity index is 1.33. The average molecular weight is 658 g/mol. The number of pyridine rings is 1. The molecule has 8 aromatic rings. The molecule has 0 amide bonds. The van der Waals surface area contributed by atoms with Gasteiger partial charge in [-0.2, -0.15) is 0 Å². The molecule has 4 heteroatoms. The van der Waals surface area contributed by atoms with Crippen LogP contribution in [0.15, 0.2) is 176 Å². The quantitative estimate of drug-likeness (QED) is 0.204. The Kier molecular flexibility index (Phi) is 6.74. The van der Waals surface area contributed by atoms with Crippen LogP contribution in [0.1, 0.15) is 11.1 Å². The molecule has 1 atom stereocenters. The lowest BCUT2D eigenvalue weighted by Crippen LogP contribution is -2.43. The van der Waals surface area contributed by atoms with Crippen LogP contribution >= 0.6 is 11.3 Å². The zero-order chi connectivity index (χ0) is 33.0. The van der Waals surface area contributed by atoms with E-state index in [1.54, 1.807) is 0 Å². The van der Waals surface area contributed by atoms with Gasteiger partial charge in [0.25, 0.3) is 0 Å². The number of fused-ring (bicyclic) bond motifs is 9. The van der Waals surface area contributed by atoms with Crippen LogP contribution in [0.2, 0.25) is 0 Å². The summed E-state index contributed by atoms with van der Waals surface area (Å²) in [5, 5.41) is 6.50. The molecule has 0 spiro atoms. The predicted octanol–water partition coefficient (Wildman–Crippen LogP) is 12.0. The highest BCUT2D eigenvalue weighted by Gasteiger charge is 2.34. The second-order valence-electron chi connectivity index (χ2n) is 12.8. The fourth-order valence-corrected chi connectivity index (χ4v) is 8.91. The number of nitrogens with zero attached hydrogens (tertiary/aromatic N) is 2. The SMILES string of the molecule is C1=C(c2ccccc2)C=C(c2ccccc2)NC1N1c2ccccc2-c2ccccc2-c2cc(-c3ccccc3)c3sc4cnccc4c3c21. The summed E-state index contributed by atoms with van der Waals surface area (Å²) in [7, 11) is 0. The number of nitrogens with one attached hydrogen (secondary N) is 1. The third kappa shape index (κ3) is 4.61. The molecule has 1 unspecified atom stereocenters. The third-order valence-corrected chi connectivity index (χ3v) is 11.1. The first kappa shape index (κ1) is 28.8. The van der Waals surface area contributed by atoms with Gasteiger partial charge in [-0.25, -0.2) is 0 Å². The number of thiophene rings is 1. The van der Waals surface area contributed by atoms with E-state index in [-0.39, 0.29) is 6.17 Å². The maximum atomic E-state index is 4.58. The summed E-state index contributed by atoms with van der Waals surface area (Å²) in [4.78, 5) is 7.14. The van der Waals surface area contributed by atoms with Crippen molar-refractivity contribution in [1.82, 2.24) is 10.3 Å². The van der Waals surface area contributed by atoms with Crippen LogP contribution in [0.5, 0.6) is 0 Å². The molecule has 0 bridgehead atoms. The van der Waals surface area contributed by atoms with Crippen molar-refractivity contribution in [2.24, 2.45) is 0 Å². The molecule has 236 valence electrons. The second-order valence-corrected chi connectivity index (χ2v) is 13.9. The van der Waals surface area contributed by atoms with Gasteiger partial charge in [0.1, 0.15) is 6.17 Å². The summed E-state index contributed by atoms with van der Waals surface area (Å²) in [5.41, 5.74) is 14.3. The minimum absolute atomic E-state index is 0.206. The van der Waals surface area contributed by atoms with Crippen LogP contribution < -0.4 is 10.2 Å². The molecule has 0 saturated carbocycles. The number of aromatic nitrogens is 1. The molecule has 10 rings (SSSR count). The molecule has 6 aromatic carbocycles. The summed E-state index contributed by atoms with van der Waals surface area (Å²) >= 11 is 1.83. The molecule has 4 heterocycles. The zero-order valence-corrected chi connectivity index (χ0v) is 27.9. The van der Waals surface area contributed by atoms with Crippen LogP contribution in [0.4, 0.5) is 11.4 Å². The van der Waals surface area contributed by atoms with Gasteiger partial charge in [0.2, 0.25) is 0 Å². The van der Waals surface area contributed by atoms with Crippen molar-refractivity contribution in [2.75, 3.05) is 4.90 Å². The van der Waals surface area contributed by atoms with Crippen molar-refractivity contribution in [1.29, 1.82) is 0 Å². The molecule has 0 radical (unpaired) electrons. The molecule has 2 aromatic heterocycles. The van der Waals surface area contributed by atoms with E-state index in [0.717, 1.165) is 16.9 Å². The highest BCUT2D eigenvalue weighted by molar-refractivity contribution is 7.26. The molecular weight excluding hydrogens is 627 g/mol. The molecule has 50 heavy (non-hydrogen) atoms. The summed E-state index contributed by atoms with van der Waals surface area (Å²) < 4.78 is 2.45. The molecule has 0 fully saturated rings. The van der Waals surface area contributed by atoms with E-state index in [4.69, 9.17) is 0 Å². The van der Waals surface area contributed by atoms with Crippen molar-refractivity contribution >= 4 is 54.2 Å². The van der Waals surface area contributed by atoms with Gasteiger partial charge in [0.05, 0.1) is 16.1 Å². The van der Waals surface area contributed by atoms with Crippen molar-refractivity contribution < 1.29 is 0 Å². The van der Waals surface area contributed by atoms with Gasteiger partial charge >= 0.3 is 0 Å². The number of hydrogen-bond acceptors (Lipinski definition) is 4. The standard InChI is InChI=1S/C46H31N3S/c1-4-14-30(15-5-1)33-26-40(32-18-8-3-9-19-32)48-43(27-33)49-41-23-13-12-22-36(41)34-20-10-11-21-35(34)39-28-38(31-16-6-2-7-17-31)46-44(45(39)49)37-24-25-47-29-42(37)50-46/h1-29,43,48H. The van der Waals surface area contributed by atoms with Gasteiger partial charge in [0, 0.05) is 50.3 Å². The Morgan fingerprint density at radius 1 is 0.580 bits per heavy atom. The Labute approximate surface area is 295 Å². The van der Waals surface area contributed by atoms with E-state index >= 15 is 0 Å². The highest BCUT2D eigenvalue weighted by Crippen LogP contribution is 2.56. The first-order valence-electron chi connectivity index (χ1n) is 17.0. The lowest BCUT2D eigenvalue weighted by molar-refractivity contribution is 0.720. The maximum Gasteiger partial charge on any atom is 0.124 e. The Bertz CT molecular complexity index is 2620. The topological polar surface area (TPSA) is 28.2 Å². The van der Waals surface area contributed by atoms with Gasteiger partial charge in [-0.05, 0) is 63.7 Å². The number of dihydropyridines is 1. The zero-order valence-electron chi connectivity index (χ0n) is 27.1. The monoisotopic (exact) mass is 657 g/mol. The molecule has 3 nitrogen and oxygen atoms in total. The largest absolute Gasteiger partial charge is 0.361 e. The number of anilines is 2. The third-order valence-electron chi connectivity index (χ3n) is 9.93. The number of benzene rings is 6. The van der Waals surface area contributed by atoms with Crippen LogP contribution in [0.3, 0.4) is 0 Å². The molecule has 0 saturated heterocycles. The minimum atomic E-state index is -0.206. The predicted molar refractivity (Wildman–Crippen MR) is 211 cm³/mol. The lowest BCUT2D eigenvalue weighted by atomic mass is 9.90. The fraction of sp³-hybridized carbons (Fsp3) is 0.0217. The molecule has 0 aliphatic carbocycles. The van der Waals surface area contributed by atoms with E-state index in [1.165, 1.54) is 70.4 Å². The van der Waals surface area contributed by atoms with Crippen LogP contribution in [-0.4, -0.2) is 11.1 Å². The maximum absolute atomic E-state index is 4.58. The number of allylic oxidation sites excluding steroid dienone is 2.